The molecule has 0 spiro atoms. The van der Waals surface area contributed by atoms with Gasteiger partial charge in [0.15, 0.2) is 0 Å². The van der Waals surface area contributed by atoms with Crippen molar-refractivity contribution in [1.82, 2.24) is 0 Å². The van der Waals surface area contributed by atoms with Crippen LogP contribution in [0.15, 0.2) is 0 Å². The number of carbonyl (C=O) groups excluding carboxylic acids is 4. The summed E-state index contributed by atoms with van der Waals surface area (Å²) in [7, 11) is 3.28. The second-order valence-electron chi connectivity index (χ2n) is 4.17. The van der Waals surface area contributed by atoms with Crippen molar-refractivity contribution in [3.8, 4) is 0 Å². The van der Waals surface area contributed by atoms with Crippen LogP contribution in [0.2, 0.25) is 0 Å². The van der Waals surface area contributed by atoms with Crippen molar-refractivity contribution in [2.24, 2.45) is 0 Å². The van der Waals surface area contributed by atoms with Crippen LogP contribution in [0.4, 0.5) is 0 Å². The van der Waals surface area contributed by atoms with E-state index in [1.807, 2.05) is 13.8 Å². The number of carboxylic acids is 2. The van der Waals surface area contributed by atoms with Crippen molar-refractivity contribution in [3.05, 3.63) is 0 Å². The summed E-state index contributed by atoms with van der Waals surface area (Å²) < 4.78 is 9.19. The summed E-state index contributed by atoms with van der Waals surface area (Å²) in [5.41, 5.74) is 0. The quantitative estimate of drug-likeness (QED) is 0.361. The van der Waals surface area contributed by atoms with Crippen molar-refractivity contribution >= 4 is 23.5 Å². The molecule has 0 aliphatic carbocycles. The third-order valence-corrected chi connectivity index (χ3v) is 2.43. The molecule has 23 heavy (non-hydrogen) atoms. The molecule has 0 heterocycles. The molecule has 0 aromatic rings. The van der Waals surface area contributed by atoms with Crippen LogP contribution in [0, 0.1) is 0 Å². The minimum absolute atomic E-state index is 0.252. The van der Waals surface area contributed by atoms with Gasteiger partial charge < -0.3 is 19.8 Å². The van der Waals surface area contributed by atoms with Gasteiger partial charge in [-0.15, -0.1) is 0 Å². The van der Waals surface area contributed by atoms with Crippen LogP contribution in [-0.2, 0) is 45.7 Å². The SMILES string of the molecule is CCCC(=O)CC(=O)[O-].CCCC(=O)CC(=O)[O-].C[O][Ti+2][O]C. The number of rotatable bonds is 10. The fraction of sp³-hybridized carbons (Fsp3) is 0.714. The summed E-state index contributed by atoms with van der Waals surface area (Å²) in [6, 6.07) is 0. The standard InChI is InChI=1S/2C6H10O3.2CH3O.Ti/c2*1-2-3-5(7)4-6(8)9;2*1-2;/h2*2-4H2,1H3,(H,8,9);2*1H3;/q;;2*-1;+4/p-2. The fourth-order valence-electron chi connectivity index (χ4n) is 1.14. The van der Waals surface area contributed by atoms with Crippen LogP contribution >= 0.6 is 0 Å². The summed E-state index contributed by atoms with van der Waals surface area (Å²) >= 11 is -0.472. The molecule has 8 nitrogen and oxygen atoms in total. The number of hydrogen-bond acceptors (Lipinski definition) is 8. The van der Waals surface area contributed by atoms with Crippen molar-refractivity contribution in [2.45, 2.75) is 52.4 Å². The molecule has 0 aromatic heterocycles. The Morgan fingerprint density at radius 3 is 1.22 bits per heavy atom. The molecule has 0 N–H and O–H groups in total. The second-order valence-corrected chi connectivity index (χ2v) is 5.70. The van der Waals surface area contributed by atoms with Gasteiger partial charge in [-0.3, -0.25) is 9.59 Å². The Kier molecular flexibility index (Phi) is 24.4. The molecule has 132 valence electrons. The Balaban J connectivity index is -0.000000273. The monoisotopic (exact) mass is 368 g/mol. The van der Waals surface area contributed by atoms with Crippen molar-refractivity contribution in [3.63, 3.8) is 0 Å². The van der Waals surface area contributed by atoms with Gasteiger partial charge in [0.1, 0.15) is 11.6 Å². The number of hydrogen-bond donors (Lipinski definition) is 0. The first-order valence-corrected chi connectivity index (χ1v) is 8.26. The summed E-state index contributed by atoms with van der Waals surface area (Å²) in [5, 5.41) is 19.5. The van der Waals surface area contributed by atoms with E-state index in [2.05, 4.69) is 6.64 Å². The fourth-order valence-corrected chi connectivity index (χ4v) is 1.40. The van der Waals surface area contributed by atoms with E-state index < -0.39 is 44.7 Å². The van der Waals surface area contributed by atoms with Crippen molar-refractivity contribution in [2.75, 3.05) is 14.2 Å². The Labute approximate surface area is 146 Å². The van der Waals surface area contributed by atoms with Gasteiger partial charge >= 0.3 is 40.8 Å². The van der Waals surface area contributed by atoms with Gasteiger partial charge in [0.25, 0.3) is 0 Å². The van der Waals surface area contributed by atoms with Gasteiger partial charge in [0, 0.05) is 37.6 Å². The predicted octanol–water partition coefficient (Wildman–Crippen LogP) is -0.817. The van der Waals surface area contributed by atoms with Crippen LogP contribution in [0.3, 0.4) is 0 Å². The van der Waals surface area contributed by atoms with E-state index in [-0.39, 0.29) is 11.6 Å². The Hall–Kier alpha value is -1.09. The second kappa shape index (κ2) is 20.9. The summed E-state index contributed by atoms with van der Waals surface area (Å²) in [5.74, 6) is -3.07. The first kappa shape index (κ1) is 26.8. The van der Waals surface area contributed by atoms with Crippen molar-refractivity contribution in [1.29, 1.82) is 0 Å². The molecule has 0 fully saturated rings. The van der Waals surface area contributed by atoms with E-state index in [4.69, 9.17) is 0 Å². The summed E-state index contributed by atoms with van der Waals surface area (Å²) in [6.07, 6.45) is 1.21. The topological polar surface area (TPSA) is 133 Å². The van der Waals surface area contributed by atoms with E-state index in [1.54, 1.807) is 14.2 Å². The van der Waals surface area contributed by atoms with Gasteiger partial charge in [0.2, 0.25) is 0 Å². The molecule has 9 heteroatoms. The average molecular weight is 368 g/mol. The Bertz CT molecular complexity index is 312. The molecule has 0 amide bonds. The van der Waals surface area contributed by atoms with Gasteiger partial charge in [-0.05, 0) is 12.8 Å². The zero-order valence-corrected chi connectivity index (χ0v) is 15.6. The van der Waals surface area contributed by atoms with E-state index in [0.29, 0.717) is 25.7 Å². The van der Waals surface area contributed by atoms with Crippen LogP contribution < -0.4 is 10.2 Å². The molecule has 0 radical (unpaired) electrons. The average Bonchev–Trinajstić information content (AvgIpc) is 2.39. The van der Waals surface area contributed by atoms with Crippen LogP contribution in [-0.4, -0.2) is 37.7 Å². The molecular weight excluding hydrogens is 344 g/mol. The molecule has 0 saturated heterocycles. The van der Waals surface area contributed by atoms with Gasteiger partial charge in [-0.25, -0.2) is 0 Å². The van der Waals surface area contributed by atoms with Crippen LogP contribution in [0.1, 0.15) is 52.4 Å². The van der Waals surface area contributed by atoms with E-state index in [0.717, 1.165) is 0 Å². The van der Waals surface area contributed by atoms with Gasteiger partial charge in [0.05, 0.1) is 0 Å². The molecule has 0 rings (SSSR count). The Morgan fingerprint density at radius 1 is 0.783 bits per heavy atom. The molecule has 0 unspecified atom stereocenters. The summed E-state index contributed by atoms with van der Waals surface area (Å²) in [6.45, 7) is 3.65. The molecule has 0 saturated carbocycles. The maximum atomic E-state index is 10.4. The van der Waals surface area contributed by atoms with E-state index in [1.165, 1.54) is 0 Å². The van der Waals surface area contributed by atoms with E-state index >= 15 is 0 Å². The van der Waals surface area contributed by atoms with Crippen LogP contribution in [0.25, 0.3) is 0 Å². The number of aliphatic carboxylic acids is 2. The predicted molar refractivity (Wildman–Crippen MR) is 73.1 cm³/mol. The molecule has 0 atom stereocenters. The first-order valence-electron chi connectivity index (χ1n) is 6.99. The van der Waals surface area contributed by atoms with Gasteiger partial charge in [-0.2, -0.15) is 0 Å². The number of ketones is 2. The molecular formula is C14H24O8Ti. The molecule has 0 aromatic carbocycles. The normalized spacial score (nSPS) is 8.52. The number of carboxylic acid groups (broad SMARTS) is 2. The Morgan fingerprint density at radius 2 is 1.09 bits per heavy atom. The zero-order valence-electron chi connectivity index (χ0n) is 14.0. The molecule has 0 aliphatic rings. The van der Waals surface area contributed by atoms with E-state index in [9.17, 15) is 29.4 Å². The van der Waals surface area contributed by atoms with Crippen molar-refractivity contribution < 1.29 is 56.0 Å². The minimum atomic E-state index is -1.28. The van der Waals surface area contributed by atoms with Gasteiger partial charge in [-0.1, -0.05) is 13.8 Å². The molecule has 0 aliphatic heterocycles. The third-order valence-electron chi connectivity index (χ3n) is 1.91. The summed E-state index contributed by atoms with van der Waals surface area (Å²) in [4.78, 5) is 40.4. The number of carbonyl (C=O) groups is 4. The molecule has 0 bridgehead atoms. The first-order chi connectivity index (χ1) is 10.7. The van der Waals surface area contributed by atoms with Crippen LogP contribution in [0.5, 0.6) is 0 Å². The maximum absolute atomic E-state index is 10.4. The third kappa shape index (κ3) is 33.6. The zero-order chi connectivity index (χ0) is 18.7. The number of Topliss-reactive ketones (excluding diaryl/α,β-unsaturated/α-hetero) is 2.